The summed E-state index contributed by atoms with van der Waals surface area (Å²) in [6, 6.07) is 8.01. The molecule has 0 aromatic heterocycles. The number of aryl methyl sites for hydroxylation is 1. The van der Waals surface area contributed by atoms with Gasteiger partial charge in [0.05, 0.1) is 11.3 Å². The van der Waals surface area contributed by atoms with E-state index < -0.39 is 5.41 Å². The summed E-state index contributed by atoms with van der Waals surface area (Å²) in [5.41, 5.74) is 1.70. The van der Waals surface area contributed by atoms with E-state index in [0.717, 1.165) is 18.4 Å². The maximum absolute atomic E-state index is 12.2. The van der Waals surface area contributed by atoms with E-state index in [4.69, 9.17) is 0 Å². The van der Waals surface area contributed by atoms with Gasteiger partial charge >= 0.3 is 0 Å². The molecule has 3 rings (SSSR count). The quantitative estimate of drug-likeness (QED) is 0.743. The van der Waals surface area contributed by atoms with Crippen molar-refractivity contribution in [3.8, 4) is 0 Å². The maximum atomic E-state index is 12.2. The maximum Gasteiger partial charge on any atom is 0.238 e. The van der Waals surface area contributed by atoms with Gasteiger partial charge in [0.1, 0.15) is 0 Å². The molecular weight excluding hydrogens is 214 g/mol. The fraction of sp³-hybridized carbons (Fsp3) is 0.429. The van der Waals surface area contributed by atoms with Gasteiger partial charge in [-0.15, -0.1) is 0 Å². The SMILES string of the molecule is CC[C@@H]1C(=O)NC(=O)[C@@]12CCc1ccccc12. The van der Waals surface area contributed by atoms with Crippen molar-refractivity contribution in [3.63, 3.8) is 0 Å². The molecule has 1 aromatic rings. The number of rotatable bonds is 1. The zero-order valence-corrected chi connectivity index (χ0v) is 9.82. The first-order valence-corrected chi connectivity index (χ1v) is 6.14. The van der Waals surface area contributed by atoms with Gasteiger partial charge < -0.3 is 0 Å². The van der Waals surface area contributed by atoms with Crippen molar-refractivity contribution in [2.75, 3.05) is 0 Å². The first-order valence-electron chi connectivity index (χ1n) is 6.14. The van der Waals surface area contributed by atoms with Crippen molar-refractivity contribution in [1.82, 2.24) is 5.32 Å². The Hall–Kier alpha value is -1.64. The van der Waals surface area contributed by atoms with E-state index in [1.54, 1.807) is 0 Å². The lowest BCUT2D eigenvalue weighted by atomic mass is 9.71. The second-order valence-corrected chi connectivity index (χ2v) is 4.91. The molecule has 1 N–H and O–H groups in total. The molecule has 1 aliphatic carbocycles. The lowest BCUT2D eigenvalue weighted by molar-refractivity contribution is -0.126. The van der Waals surface area contributed by atoms with Crippen LogP contribution in [0.4, 0.5) is 0 Å². The first kappa shape index (κ1) is 10.5. The van der Waals surface area contributed by atoms with Crippen molar-refractivity contribution in [2.24, 2.45) is 5.92 Å². The summed E-state index contributed by atoms with van der Waals surface area (Å²) in [4.78, 5) is 24.1. The van der Waals surface area contributed by atoms with Crippen molar-refractivity contribution < 1.29 is 9.59 Å². The van der Waals surface area contributed by atoms with E-state index in [9.17, 15) is 9.59 Å². The van der Waals surface area contributed by atoms with Crippen molar-refractivity contribution in [2.45, 2.75) is 31.6 Å². The van der Waals surface area contributed by atoms with E-state index >= 15 is 0 Å². The van der Waals surface area contributed by atoms with Crippen LogP contribution in [-0.4, -0.2) is 11.8 Å². The summed E-state index contributed by atoms with van der Waals surface area (Å²) >= 11 is 0. The van der Waals surface area contributed by atoms with Crippen LogP contribution in [0, 0.1) is 5.92 Å². The van der Waals surface area contributed by atoms with Crippen LogP contribution in [0.3, 0.4) is 0 Å². The number of nitrogens with one attached hydrogen (secondary N) is 1. The summed E-state index contributed by atoms with van der Waals surface area (Å²) in [5, 5.41) is 2.51. The lowest BCUT2D eigenvalue weighted by Gasteiger charge is -2.26. The van der Waals surface area contributed by atoms with Crippen LogP contribution in [0.25, 0.3) is 0 Å². The molecular formula is C14H15NO2. The molecule has 1 spiro atoms. The molecule has 1 heterocycles. The van der Waals surface area contributed by atoms with Crippen molar-refractivity contribution in [3.05, 3.63) is 35.4 Å². The van der Waals surface area contributed by atoms with E-state index in [2.05, 4.69) is 11.4 Å². The summed E-state index contributed by atoms with van der Waals surface area (Å²) in [7, 11) is 0. The normalized spacial score (nSPS) is 30.8. The lowest BCUT2D eigenvalue weighted by Crippen LogP contribution is -2.37. The Kier molecular flexibility index (Phi) is 2.12. The minimum absolute atomic E-state index is 0.0979. The molecule has 0 bridgehead atoms. The number of fused-ring (bicyclic) bond motifs is 2. The average Bonchev–Trinajstić information content (AvgIpc) is 2.82. The third kappa shape index (κ3) is 1.17. The predicted molar refractivity (Wildman–Crippen MR) is 63.4 cm³/mol. The highest BCUT2D eigenvalue weighted by Crippen LogP contribution is 2.48. The Labute approximate surface area is 100 Å². The Balaban J connectivity index is 2.20. The topological polar surface area (TPSA) is 46.2 Å². The zero-order chi connectivity index (χ0) is 12.0. The van der Waals surface area contributed by atoms with Gasteiger partial charge in [0, 0.05) is 0 Å². The molecule has 2 atom stereocenters. The third-order valence-electron chi connectivity index (χ3n) is 4.25. The predicted octanol–water partition coefficient (Wildman–Crippen LogP) is 1.55. The summed E-state index contributed by atoms with van der Waals surface area (Å²) < 4.78 is 0. The molecule has 1 aromatic carbocycles. The molecule has 1 saturated heterocycles. The second kappa shape index (κ2) is 3.42. The first-order chi connectivity index (χ1) is 8.20. The van der Waals surface area contributed by atoms with Crippen molar-refractivity contribution >= 4 is 11.8 Å². The van der Waals surface area contributed by atoms with Gasteiger partial charge in [-0.25, -0.2) is 0 Å². The molecule has 0 radical (unpaired) electrons. The fourth-order valence-corrected chi connectivity index (χ4v) is 3.46. The number of hydrogen-bond donors (Lipinski definition) is 1. The molecule has 3 heteroatoms. The second-order valence-electron chi connectivity index (χ2n) is 4.91. The Morgan fingerprint density at radius 2 is 2.12 bits per heavy atom. The van der Waals surface area contributed by atoms with Crippen LogP contribution in [0.1, 0.15) is 30.9 Å². The Morgan fingerprint density at radius 3 is 2.88 bits per heavy atom. The van der Waals surface area contributed by atoms with Gasteiger partial charge in [-0.05, 0) is 30.4 Å². The van der Waals surface area contributed by atoms with Gasteiger partial charge in [0.2, 0.25) is 11.8 Å². The highest BCUT2D eigenvalue weighted by molar-refractivity contribution is 6.11. The van der Waals surface area contributed by atoms with Crippen LogP contribution in [0.5, 0.6) is 0 Å². The van der Waals surface area contributed by atoms with Crippen LogP contribution in [-0.2, 0) is 21.4 Å². The van der Waals surface area contributed by atoms with Gasteiger partial charge in [-0.2, -0.15) is 0 Å². The third-order valence-corrected chi connectivity index (χ3v) is 4.25. The number of imide groups is 1. The smallest absolute Gasteiger partial charge is 0.238 e. The summed E-state index contributed by atoms with van der Waals surface area (Å²) in [6.07, 6.45) is 2.38. The molecule has 88 valence electrons. The highest BCUT2D eigenvalue weighted by Gasteiger charge is 2.57. The number of hydrogen-bond acceptors (Lipinski definition) is 2. The highest BCUT2D eigenvalue weighted by atomic mass is 16.2. The fourth-order valence-electron chi connectivity index (χ4n) is 3.46. The van der Waals surface area contributed by atoms with Gasteiger partial charge in [0.25, 0.3) is 0 Å². The molecule has 3 nitrogen and oxygen atoms in total. The van der Waals surface area contributed by atoms with Crippen LogP contribution < -0.4 is 5.32 Å². The molecule has 1 aliphatic heterocycles. The monoisotopic (exact) mass is 229 g/mol. The van der Waals surface area contributed by atoms with Gasteiger partial charge in [-0.3, -0.25) is 14.9 Å². The minimum atomic E-state index is -0.581. The molecule has 2 amide bonds. The molecule has 0 saturated carbocycles. The Bertz CT molecular complexity index is 509. The molecule has 1 fully saturated rings. The number of benzene rings is 1. The van der Waals surface area contributed by atoms with Crippen LogP contribution >= 0.6 is 0 Å². The minimum Gasteiger partial charge on any atom is -0.295 e. The molecule has 0 unspecified atom stereocenters. The largest absolute Gasteiger partial charge is 0.295 e. The van der Waals surface area contributed by atoms with E-state index in [1.165, 1.54) is 5.56 Å². The van der Waals surface area contributed by atoms with Gasteiger partial charge in [0.15, 0.2) is 0 Å². The average molecular weight is 229 g/mol. The zero-order valence-electron chi connectivity index (χ0n) is 9.82. The van der Waals surface area contributed by atoms with E-state index in [-0.39, 0.29) is 17.7 Å². The molecule has 17 heavy (non-hydrogen) atoms. The van der Waals surface area contributed by atoms with E-state index in [1.807, 2.05) is 25.1 Å². The number of amides is 2. The summed E-state index contributed by atoms with van der Waals surface area (Å²) in [5.74, 6) is -0.396. The van der Waals surface area contributed by atoms with Crippen LogP contribution in [0.15, 0.2) is 24.3 Å². The number of carbonyl (C=O) groups excluding carboxylic acids is 2. The number of carbonyl (C=O) groups is 2. The standard InChI is InChI=1S/C14H15NO2/c1-2-10-12(16)15-13(17)14(10)8-7-9-5-3-4-6-11(9)14/h3-6,10H,2,7-8H2,1H3,(H,15,16,17)/t10-,14+/m1/s1. The van der Waals surface area contributed by atoms with Crippen LogP contribution in [0.2, 0.25) is 0 Å². The summed E-state index contributed by atoms with van der Waals surface area (Å²) in [6.45, 7) is 1.98. The Morgan fingerprint density at radius 1 is 1.35 bits per heavy atom. The van der Waals surface area contributed by atoms with E-state index in [0.29, 0.717) is 6.42 Å². The van der Waals surface area contributed by atoms with Crippen molar-refractivity contribution in [1.29, 1.82) is 0 Å². The van der Waals surface area contributed by atoms with Gasteiger partial charge in [-0.1, -0.05) is 31.2 Å². The molecule has 2 aliphatic rings.